The highest BCUT2D eigenvalue weighted by molar-refractivity contribution is 6.07. The normalized spacial score (nSPS) is 12.1. The zero-order valence-corrected chi connectivity index (χ0v) is 15.1. The molecule has 2 rings (SSSR count). The van der Waals surface area contributed by atoms with Crippen molar-refractivity contribution in [3.8, 4) is 17.2 Å². The Morgan fingerprint density at radius 3 is 2.50 bits per heavy atom. The molecule has 0 spiro atoms. The first-order valence-corrected chi connectivity index (χ1v) is 8.53. The highest BCUT2D eigenvalue weighted by Crippen LogP contribution is 2.36. The maximum absolute atomic E-state index is 12.3. The number of carbonyl (C=O) groups excluding carboxylic acids is 1. The molecule has 4 nitrogen and oxygen atoms in total. The second kappa shape index (κ2) is 8.90. The molecule has 0 radical (unpaired) electrons. The number of carbonyl (C=O) groups is 1. The summed E-state index contributed by atoms with van der Waals surface area (Å²) in [5.74, 6) is 0.758. The summed E-state index contributed by atoms with van der Waals surface area (Å²) >= 11 is 0. The molecule has 2 N–H and O–H groups in total. The molecule has 0 aliphatic carbocycles. The van der Waals surface area contributed by atoms with Gasteiger partial charge in [-0.15, -0.1) is 6.58 Å². The molecule has 2 aromatic carbocycles. The molecule has 2 aromatic rings. The summed E-state index contributed by atoms with van der Waals surface area (Å²) in [5.41, 5.74) is 2.01. The van der Waals surface area contributed by atoms with Gasteiger partial charge in [0.25, 0.3) is 0 Å². The molecule has 0 heterocycles. The molecule has 136 valence electrons. The molecule has 0 amide bonds. The van der Waals surface area contributed by atoms with Gasteiger partial charge in [0.2, 0.25) is 0 Å². The van der Waals surface area contributed by atoms with E-state index in [2.05, 4.69) is 13.5 Å². The van der Waals surface area contributed by atoms with E-state index in [-0.39, 0.29) is 23.2 Å². The van der Waals surface area contributed by atoms with Gasteiger partial charge in [-0.2, -0.15) is 0 Å². The van der Waals surface area contributed by atoms with E-state index in [0.717, 1.165) is 24.0 Å². The highest BCUT2D eigenvalue weighted by atomic mass is 16.5. The fourth-order valence-corrected chi connectivity index (χ4v) is 2.84. The van der Waals surface area contributed by atoms with E-state index in [9.17, 15) is 15.0 Å². The van der Waals surface area contributed by atoms with Crippen molar-refractivity contribution >= 4 is 11.9 Å². The van der Waals surface area contributed by atoms with Crippen LogP contribution >= 0.6 is 0 Å². The summed E-state index contributed by atoms with van der Waals surface area (Å²) in [5, 5.41) is 19.6. The molecular formula is C22H24O4. The van der Waals surface area contributed by atoms with Gasteiger partial charge in [-0.1, -0.05) is 13.0 Å². The first kappa shape index (κ1) is 19.3. The number of aromatic hydroxyl groups is 2. The molecule has 0 bridgehead atoms. The summed E-state index contributed by atoms with van der Waals surface area (Å²) in [7, 11) is 1.52. The SMILES string of the molecule is C=CCC(CC)c1cc(/C=C/C(=O)c2ccc(O)cc2)c(OC)cc1O. The third-order valence-electron chi connectivity index (χ3n) is 4.33. The van der Waals surface area contributed by atoms with Crippen LogP contribution in [0.2, 0.25) is 0 Å². The Hall–Kier alpha value is -3.01. The molecule has 4 heteroatoms. The van der Waals surface area contributed by atoms with Crippen LogP contribution < -0.4 is 4.74 Å². The second-order valence-electron chi connectivity index (χ2n) is 6.03. The quantitative estimate of drug-likeness (QED) is 0.395. The van der Waals surface area contributed by atoms with Gasteiger partial charge >= 0.3 is 0 Å². The molecule has 0 aliphatic rings. The zero-order chi connectivity index (χ0) is 19.1. The summed E-state index contributed by atoms with van der Waals surface area (Å²) < 4.78 is 5.33. The van der Waals surface area contributed by atoms with Crippen molar-refractivity contribution in [2.75, 3.05) is 7.11 Å². The summed E-state index contributed by atoms with van der Waals surface area (Å²) in [6.45, 7) is 5.83. The van der Waals surface area contributed by atoms with Crippen LogP contribution in [0.1, 0.15) is 47.2 Å². The number of ketones is 1. The van der Waals surface area contributed by atoms with Gasteiger partial charge in [-0.05, 0) is 66.8 Å². The minimum atomic E-state index is -0.181. The van der Waals surface area contributed by atoms with Gasteiger partial charge in [-0.3, -0.25) is 4.79 Å². The maximum atomic E-state index is 12.3. The number of rotatable bonds is 8. The van der Waals surface area contributed by atoms with Gasteiger partial charge in [0.15, 0.2) is 5.78 Å². The number of phenols is 2. The fraction of sp³-hybridized carbons (Fsp3) is 0.227. The van der Waals surface area contributed by atoms with E-state index in [0.29, 0.717) is 11.3 Å². The molecule has 0 aliphatic heterocycles. The van der Waals surface area contributed by atoms with E-state index < -0.39 is 0 Å². The average molecular weight is 352 g/mol. The van der Waals surface area contributed by atoms with Crippen molar-refractivity contribution in [2.45, 2.75) is 25.7 Å². The molecule has 0 fully saturated rings. The minimum absolute atomic E-state index is 0.114. The molecule has 0 saturated carbocycles. The van der Waals surface area contributed by atoms with Crippen LogP contribution in [0.25, 0.3) is 6.08 Å². The van der Waals surface area contributed by atoms with Crippen LogP contribution in [-0.4, -0.2) is 23.1 Å². The predicted octanol–water partition coefficient (Wildman–Crippen LogP) is 5.07. The first-order chi connectivity index (χ1) is 12.5. The molecule has 0 saturated heterocycles. The van der Waals surface area contributed by atoms with Crippen molar-refractivity contribution in [1.29, 1.82) is 0 Å². The Labute approximate surface area is 154 Å². The summed E-state index contributed by atoms with van der Waals surface area (Å²) in [4.78, 5) is 12.3. The number of hydrogen-bond acceptors (Lipinski definition) is 4. The molecular weight excluding hydrogens is 328 g/mol. The van der Waals surface area contributed by atoms with Crippen molar-refractivity contribution < 1.29 is 19.7 Å². The number of phenolic OH excluding ortho intramolecular Hbond substituents is 2. The van der Waals surface area contributed by atoms with E-state index in [1.165, 1.54) is 25.3 Å². The number of hydrogen-bond donors (Lipinski definition) is 2. The molecule has 1 atom stereocenters. The van der Waals surface area contributed by atoms with Gasteiger partial charge in [0, 0.05) is 17.2 Å². The molecule has 1 unspecified atom stereocenters. The highest BCUT2D eigenvalue weighted by Gasteiger charge is 2.16. The molecule has 0 aromatic heterocycles. The maximum Gasteiger partial charge on any atom is 0.185 e. The van der Waals surface area contributed by atoms with Crippen LogP contribution in [0.4, 0.5) is 0 Å². The number of allylic oxidation sites excluding steroid dienone is 2. The van der Waals surface area contributed by atoms with Crippen LogP contribution in [0.3, 0.4) is 0 Å². The van der Waals surface area contributed by atoms with Crippen LogP contribution in [-0.2, 0) is 0 Å². The van der Waals surface area contributed by atoms with Gasteiger partial charge in [0.05, 0.1) is 7.11 Å². The van der Waals surface area contributed by atoms with Crippen molar-refractivity contribution in [3.63, 3.8) is 0 Å². The lowest BCUT2D eigenvalue weighted by atomic mass is 9.90. The van der Waals surface area contributed by atoms with E-state index in [1.54, 1.807) is 24.3 Å². The fourth-order valence-electron chi connectivity index (χ4n) is 2.84. The van der Waals surface area contributed by atoms with Crippen LogP contribution in [0.5, 0.6) is 17.2 Å². The Morgan fingerprint density at radius 2 is 1.92 bits per heavy atom. The molecule has 26 heavy (non-hydrogen) atoms. The van der Waals surface area contributed by atoms with E-state index in [1.807, 2.05) is 12.1 Å². The zero-order valence-electron chi connectivity index (χ0n) is 15.1. The minimum Gasteiger partial charge on any atom is -0.508 e. The largest absolute Gasteiger partial charge is 0.508 e. The van der Waals surface area contributed by atoms with Gasteiger partial charge in [0.1, 0.15) is 17.2 Å². The monoisotopic (exact) mass is 352 g/mol. The predicted molar refractivity (Wildman–Crippen MR) is 104 cm³/mol. The van der Waals surface area contributed by atoms with E-state index >= 15 is 0 Å². The third kappa shape index (κ3) is 4.54. The van der Waals surface area contributed by atoms with Crippen molar-refractivity contribution in [1.82, 2.24) is 0 Å². The van der Waals surface area contributed by atoms with E-state index in [4.69, 9.17) is 4.74 Å². The van der Waals surface area contributed by atoms with Crippen LogP contribution in [0, 0.1) is 0 Å². The van der Waals surface area contributed by atoms with Crippen molar-refractivity contribution in [3.05, 3.63) is 71.8 Å². The Morgan fingerprint density at radius 1 is 1.23 bits per heavy atom. The summed E-state index contributed by atoms with van der Waals surface area (Å²) in [6.07, 6.45) is 6.59. The first-order valence-electron chi connectivity index (χ1n) is 8.53. The lowest BCUT2D eigenvalue weighted by Gasteiger charge is -2.17. The Balaban J connectivity index is 2.36. The Bertz CT molecular complexity index is 804. The standard InChI is InChI=1S/C22H24O4/c1-4-6-15(5-2)19-13-17(22(26-3)14-21(19)25)9-12-20(24)16-7-10-18(23)11-8-16/h4,7-15,23,25H,1,5-6H2,2-3H3/b12-9+. The van der Waals surface area contributed by atoms with Crippen molar-refractivity contribution in [2.24, 2.45) is 0 Å². The lowest BCUT2D eigenvalue weighted by Crippen LogP contribution is -1.99. The number of ether oxygens (including phenoxy) is 1. The second-order valence-corrected chi connectivity index (χ2v) is 6.03. The lowest BCUT2D eigenvalue weighted by molar-refractivity contribution is 0.104. The average Bonchev–Trinajstić information content (AvgIpc) is 2.65. The smallest absolute Gasteiger partial charge is 0.185 e. The van der Waals surface area contributed by atoms with Gasteiger partial charge < -0.3 is 14.9 Å². The summed E-state index contributed by atoms with van der Waals surface area (Å²) in [6, 6.07) is 9.51. The van der Waals surface area contributed by atoms with Crippen LogP contribution in [0.15, 0.2) is 55.1 Å². The van der Waals surface area contributed by atoms with Gasteiger partial charge in [-0.25, -0.2) is 0 Å². The number of benzene rings is 2. The topological polar surface area (TPSA) is 66.8 Å². The Kier molecular flexibility index (Phi) is 6.61. The third-order valence-corrected chi connectivity index (χ3v) is 4.33. The number of methoxy groups -OCH3 is 1.